The van der Waals surface area contributed by atoms with Gasteiger partial charge in [-0.2, -0.15) is 0 Å². The first kappa shape index (κ1) is 14.7. The van der Waals surface area contributed by atoms with Gasteiger partial charge in [-0.15, -0.1) is 11.3 Å². The fourth-order valence-electron chi connectivity index (χ4n) is 2.23. The molecule has 1 amide bonds. The van der Waals surface area contributed by atoms with E-state index in [1.165, 1.54) is 5.56 Å². The van der Waals surface area contributed by atoms with Gasteiger partial charge in [0.1, 0.15) is 0 Å². The minimum atomic E-state index is 0.103. The molecule has 0 atom stereocenters. The number of aromatic nitrogens is 1. The third-order valence-electron chi connectivity index (χ3n) is 3.27. The molecule has 0 bridgehead atoms. The maximum atomic E-state index is 12.5. The Labute approximate surface area is 124 Å². The number of anilines is 1. The summed E-state index contributed by atoms with van der Waals surface area (Å²) in [6, 6.07) is 6.21. The van der Waals surface area contributed by atoms with Crippen LogP contribution in [0.15, 0.2) is 23.6 Å². The SMILES string of the molecule is CCN(C(=O)Cc1csc(C)n1)c1cc(C)ccc1C. The zero-order valence-electron chi connectivity index (χ0n) is 12.4. The number of hydrogen-bond acceptors (Lipinski definition) is 3. The zero-order chi connectivity index (χ0) is 14.7. The van der Waals surface area contributed by atoms with Crippen molar-refractivity contribution in [2.24, 2.45) is 0 Å². The van der Waals surface area contributed by atoms with Crippen molar-refractivity contribution >= 4 is 22.9 Å². The van der Waals surface area contributed by atoms with E-state index < -0.39 is 0 Å². The number of aryl methyl sites for hydroxylation is 3. The smallest absolute Gasteiger partial charge is 0.233 e. The second-order valence-electron chi connectivity index (χ2n) is 4.96. The Balaban J connectivity index is 2.23. The van der Waals surface area contributed by atoms with Crippen LogP contribution in [0.3, 0.4) is 0 Å². The maximum Gasteiger partial charge on any atom is 0.233 e. The predicted octanol–water partition coefficient (Wildman–Crippen LogP) is 3.66. The molecule has 106 valence electrons. The standard InChI is InChI=1S/C16H20N2OS/c1-5-18(15-8-11(2)6-7-12(15)3)16(19)9-14-10-20-13(4)17-14/h6-8,10H,5,9H2,1-4H3. The van der Waals surface area contributed by atoms with Gasteiger partial charge in [0.15, 0.2) is 0 Å². The van der Waals surface area contributed by atoms with Crippen molar-refractivity contribution in [3.63, 3.8) is 0 Å². The molecule has 4 heteroatoms. The van der Waals surface area contributed by atoms with E-state index in [9.17, 15) is 4.79 Å². The molecule has 0 saturated carbocycles. The Morgan fingerprint density at radius 2 is 2.05 bits per heavy atom. The minimum absolute atomic E-state index is 0.103. The van der Waals surface area contributed by atoms with Crippen LogP contribution in [-0.4, -0.2) is 17.4 Å². The Bertz CT molecular complexity index is 619. The van der Waals surface area contributed by atoms with Crippen molar-refractivity contribution in [1.29, 1.82) is 0 Å². The normalized spacial score (nSPS) is 10.6. The van der Waals surface area contributed by atoms with Crippen LogP contribution in [0.5, 0.6) is 0 Å². The van der Waals surface area contributed by atoms with E-state index >= 15 is 0 Å². The van der Waals surface area contributed by atoms with Gasteiger partial charge in [0.05, 0.1) is 17.1 Å². The molecule has 0 N–H and O–H groups in total. The van der Waals surface area contributed by atoms with Crippen LogP contribution in [0.1, 0.15) is 28.8 Å². The van der Waals surface area contributed by atoms with Crippen molar-refractivity contribution in [3.8, 4) is 0 Å². The number of carbonyl (C=O) groups is 1. The quantitative estimate of drug-likeness (QED) is 0.860. The molecule has 2 aromatic rings. The molecule has 0 unspecified atom stereocenters. The molecule has 2 rings (SSSR count). The Morgan fingerprint density at radius 1 is 1.30 bits per heavy atom. The molecule has 0 spiro atoms. The lowest BCUT2D eigenvalue weighted by atomic mass is 10.1. The van der Waals surface area contributed by atoms with Gasteiger partial charge in [0.25, 0.3) is 0 Å². The minimum Gasteiger partial charge on any atom is -0.312 e. The van der Waals surface area contributed by atoms with Crippen molar-refractivity contribution in [1.82, 2.24) is 4.98 Å². The third kappa shape index (κ3) is 3.25. The first-order valence-corrected chi connectivity index (χ1v) is 7.68. The van der Waals surface area contributed by atoms with Crippen LogP contribution in [0.2, 0.25) is 0 Å². The maximum absolute atomic E-state index is 12.5. The lowest BCUT2D eigenvalue weighted by Gasteiger charge is -2.23. The fourth-order valence-corrected chi connectivity index (χ4v) is 2.84. The first-order chi connectivity index (χ1) is 9.51. The number of rotatable bonds is 4. The number of nitrogens with zero attached hydrogens (tertiary/aromatic N) is 2. The highest BCUT2D eigenvalue weighted by molar-refractivity contribution is 7.09. The molecule has 0 aliphatic rings. The third-order valence-corrected chi connectivity index (χ3v) is 4.09. The highest BCUT2D eigenvalue weighted by Crippen LogP contribution is 2.22. The highest BCUT2D eigenvalue weighted by atomic mass is 32.1. The van der Waals surface area contributed by atoms with Gasteiger partial charge in [0.2, 0.25) is 5.91 Å². The molecule has 1 aromatic carbocycles. The zero-order valence-corrected chi connectivity index (χ0v) is 13.3. The lowest BCUT2D eigenvalue weighted by molar-refractivity contribution is -0.118. The summed E-state index contributed by atoms with van der Waals surface area (Å²) in [5.74, 6) is 0.103. The van der Waals surface area contributed by atoms with Gasteiger partial charge >= 0.3 is 0 Å². The summed E-state index contributed by atoms with van der Waals surface area (Å²) < 4.78 is 0. The van der Waals surface area contributed by atoms with E-state index in [1.54, 1.807) is 11.3 Å². The van der Waals surface area contributed by atoms with E-state index in [4.69, 9.17) is 0 Å². The summed E-state index contributed by atoms with van der Waals surface area (Å²) in [4.78, 5) is 18.7. The molecule has 0 radical (unpaired) electrons. The van der Waals surface area contributed by atoms with Gasteiger partial charge in [-0.05, 0) is 44.9 Å². The second kappa shape index (κ2) is 6.18. The monoisotopic (exact) mass is 288 g/mol. The predicted molar refractivity (Wildman–Crippen MR) is 84.5 cm³/mol. The number of likely N-dealkylation sites (N-methyl/N-ethyl adjacent to an activating group) is 1. The van der Waals surface area contributed by atoms with Crippen molar-refractivity contribution in [2.75, 3.05) is 11.4 Å². The molecule has 1 heterocycles. The number of carbonyl (C=O) groups excluding carboxylic acids is 1. The van der Waals surface area contributed by atoms with Crippen molar-refractivity contribution < 1.29 is 4.79 Å². The molecule has 1 aromatic heterocycles. The topological polar surface area (TPSA) is 33.2 Å². The van der Waals surface area contributed by atoms with E-state index in [2.05, 4.69) is 23.2 Å². The van der Waals surface area contributed by atoms with E-state index in [1.807, 2.05) is 38.0 Å². The lowest BCUT2D eigenvalue weighted by Crippen LogP contribution is -2.32. The molecule has 0 aliphatic heterocycles. The van der Waals surface area contributed by atoms with Crippen LogP contribution >= 0.6 is 11.3 Å². The molecular weight excluding hydrogens is 268 g/mol. The van der Waals surface area contributed by atoms with Crippen LogP contribution < -0.4 is 4.90 Å². The molecular formula is C16H20N2OS. The van der Waals surface area contributed by atoms with Gasteiger partial charge in [0, 0.05) is 17.6 Å². The Kier molecular flexibility index (Phi) is 4.55. The summed E-state index contributed by atoms with van der Waals surface area (Å²) in [7, 11) is 0. The van der Waals surface area contributed by atoms with Gasteiger partial charge in [-0.1, -0.05) is 12.1 Å². The molecule has 0 fully saturated rings. The van der Waals surface area contributed by atoms with Crippen LogP contribution in [0, 0.1) is 20.8 Å². The van der Waals surface area contributed by atoms with Gasteiger partial charge in [-0.25, -0.2) is 4.98 Å². The summed E-state index contributed by atoms with van der Waals surface area (Å²) >= 11 is 1.59. The van der Waals surface area contributed by atoms with Gasteiger partial charge < -0.3 is 4.90 Å². The molecule has 3 nitrogen and oxygen atoms in total. The Hall–Kier alpha value is -1.68. The molecule has 20 heavy (non-hydrogen) atoms. The highest BCUT2D eigenvalue weighted by Gasteiger charge is 2.17. The number of amides is 1. The number of benzene rings is 1. The second-order valence-corrected chi connectivity index (χ2v) is 6.02. The summed E-state index contributed by atoms with van der Waals surface area (Å²) in [6.45, 7) is 8.72. The van der Waals surface area contributed by atoms with Crippen molar-refractivity contribution in [3.05, 3.63) is 45.4 Å². The van der Waals surface area contributed by atoms with E-state index in [0.29, 0.717) is 13.0 Å². The fraction of sp³-hybridized carbons (Fsp3) is 0.375. The number of thiazole rings is 1. The molecule has 0 saturated heterocycles. The summed E-state index contributed by atoms with van der Waals surface area (Å²) in [5.41, 5.74) is 4.16. The van der Waals surface area contributed by atoms with Crippen LogP contribution in [0.4, 0.5) is 5.69 Å². The van der Waals surface area contributed by atoms with Crippen LogP contribution in [0.25, 0.3) is 0 Å². The first-order valence-electron chi connectivity index (χ1n) is 6.80. The number of hydrogen-bond donors (Lipinski definition) is 0. The van der Waals surface area contributed by atoms with E-state index in [0.717, 1.165) is 22.0 Å². The average Bonchev–Trinajstić information content (AvgIpc) is 2.80. The summed E-state index contributed by atoms with van der Waals surface area (Å²) in [6.07, 6.45) is 0.367. The average molecular weight is 288 g/mol. The summed E-state index contributed by atoms with van der Waals surface area (Å²) in [5, 5.41) is 2.96. The van der Waals surface area contributed by atoms with E-state index in [-0.39, 0.29) is 5.91 Å². The largest absolute Gasteiger partial charge is 0.312 e. The molecule has 0 aliphatic carbocycles. The van der Waals surface area contributed by atoms with Gasteiger partial charge in [-0.3, -0.25) is 4.79 Å². The Morgan fingerprint density at radius 3 is 2.65 bits per heavy atom. The van der Waals surface area contributed by atoms with Crippen molar-refractivity contribution in [2.45, 2.75) is 34.1 Å². The van der Waals surface area contributed by atoms with Crippen LogP contribution in [-0.2, 0) is 11.2 Å².